The number of halogens is 1. The van der Waals surface area contributed by atoms with Gasteiger partial charge in [-0.05, 0) is 28.8 Å². The molecule has 0 radical (unpaired) electrons. The molecule has 0 aromatic heterocycles. The average Bonchev–Trinajstić information content (AvgIpc) is 1.83. The molecule has 0 heterocycles. The molecule has 0 aromatic carbocycles. The number of Topliss-reactive ketones (excluding diaryl/α,β-unsaturated/α-hetero) is 1. The molecule has 1 aliphatic rings. The molecule has 0 aliphatic heterocycles. The predicted octanol–water partition coefficient (Wildman–Crippen LogP) is 2.26. The summed E-state index contributed by atoms with van der Waals surface area (Å²) in [4.78, 5) is 11.0. The fraction of sp³-hybridized carbons (Fsp3) is 0.571. The molecule has 0 N–H and O–H groups in total. The van der Waals surface area contributed by atoms with E-state index in [-0.39, 0.29) is 11.7 Å². The summed E-state index contributed by atoms with van der Waals surface area (Å²) in [5.74, 6) is 0.477. The van der Waals surface area contributed by atoms with Crippen molar-refractivity contribution in [3.63, 3.8) is 0 Å². The molecule has 9 heavy (non-hydrogen) atoms. The Morgan fingerprint density at radius 3 is 2.89 bits per heavy atom. The molecule has 0 saturated carbocycles. The number of hydrogen-bond acceptors (Lipinski definition) is 1. The smallest absolute Gasteiger partial charge is 0.172 e. The van der Waals surface area contributed by atoms with Crippen LogP contribution in [0.25, 0.3) is 0 Å². The third kappa shape index (κ3) is 1.42. The Hall–Kier alpha value is -0.110. The van der Waals surface area contributed by atoms with Gasteiger partial charge in [0.2, 0.25) is 0 Å². The summed E-state index contributed by atoms with van der Waals surface area (Å²) in [5, 5.41) is 0. The molecule has 2 heteroatoms. The summed E-state index contributed by atoms with van der Waals surface area (Å²) in [6.45, 7) is 1.97. The minimum absolute atomic E-state index is 0.226. The van der Waals surface area contributed by atoms with Gasteiger partial charge in [0.1, 0.15) is 0 Å². The van der Waals surface area contributed by atoms with Crippen LogP contribution in [0, 0.1) is 5.92 Å². The van der Waals surface area contributed by atoms with Crippen molar-refractivity contribution < 1.29 is 4.79 Å². The van der Waals surface area contributed by atoms with Gasteiger partial charge in [-0.15, -0.1) is 0 Å². The Bertz CT molecular complexity index is 160. The topological polar surface area (TPSA) is 17.1 Å². The lowest BCUT2D eigenvalue weighted by molar-refractivity contribution is -0.118. The number of rotatable bonds is 0. The lowest BCUT2D eigenvalue weighted by Gasteiger charge is -2.12. The molecule has 1 nitrogen and oxygen atoms in total. The zero-order valence-corrected chi connectivity index (χ0v) is 6.94. The van der Waals surface area contributed by atoms with E-state index in [1.165, 1.54) is 0 Å². The highest BCUT2D eigenvalue weighted by Crippen LogP contribution is 2.23. The first-order valence-corrected chi connectivity index (χ1v) is 3.91. The highest BCUT2D eigenvalue weighted by molar-refractivity contribution is 9.12. The van der Waals surface area contributed by atoms with Gasteiger partial charge in [-0.25, -0.2) is 0 Å². The van der Waals surface area contributed by atoms with Crippen molar-refractivity contribution in [1.82, 2.24) is 0 Å². The quantitative estimate of drug-likeness (QED) is 0.571. The SMILES string of the molecule is CC1CCC=C(Br)C1=O. The molecule has 0 saturated heterocycles. The van der Waals surface area contributed by atoms with Gasteiger partial charge in [-0.2, -0.15) is 0 Å². The lowest BCUT2D eigenvalue weighted by atomic mass is 9.95. The standard InChI is InChI=1S/C7H9BrO/c1-5-3-2-4-6(8)7(5)9/h4-5H,2-3H2,1H3. The number of carbonyl (C=O) groups excluding carboxylic acids is 1. The van der Waals surface area contributed by atoms with Crippen molar-refractivity contribution in [1.29, 1.82) is 0 Å². The maximum Gasteiger partial charge on any atom is 0.172 e. The first-order chi connectivity index (χ1) is 4.22. The largest absolute Gasteiger partial charge is 0.293 e. The van der Waals surface area contributed by atoms with Crippen molar-refractivity contribution in [2.24, 2.45) is 5.92 Å². The maximum atomic E-state index is 11.0. The van der Waals surface area contributed by atoms with Crippen LogP contribution in [0.5, 0.6) is 0 Å². The Balaban J connectivity index is 2.74. The highest BCUT2D eigenvalue weighted by atomic mass is 79.9. The summed E-state index contributed by atoms with van der Waals surface area (Å²) < 4.78 is 0.765. The molecule has 1 aliphatic carbocycles. The first-order valence-electron chi connectivity index (χ1n) is 3.11. The second-order valence-electron chi connectivity index (χ2n) is 2.39. The second kappa shape index (κ2) is 2.65. The summed E-state index contributed by atoms with van der Waals surface area (Å²) in [7, 11) is 0. The monoisotopic (exact) mass is 188 g/mol. The van der Waals surface area contributed by atoms with Crippen LogP contribution in [-0.2, 0) is 4.79 Å². The van der Waals surface area contributed by atoms with Crippen LogP contribution in [0.1, 0.15) is 19.8 Å². The van der Waals surface area contributed by atoms with Crippen LogP contribution in [0.15, 0.2) is 10.6 Å². The van der Waals surface area contributed by atoms with Crippen LogP contribution in [0.4, 0.5) is 0 Å². The van der Waals surface area contributed by atoms with Crippen LogP contribution in [0.3, 0.4) is 0 Å². The lowest BCUT2D eigenvalue weighted by Crippen LogP contribution is -2.13. The Kier molecular flexibility index (Phi) is 2.06. The molecular weight excluding hydrogens is 180 g/mol. The molecule has 1 rings (SSSR count). The number of hydrogen-bond donors (Lipinski definition) is 0. The second-order valence-corrected chi connectivity index (χ2v) is 3.25. The van der Waals surface area contributed by atoms with Gasteiger partial charge in [-0.3, -0.25) is 4.79 Å². The summed E-state index contributed by atoms with van der Waals surface area (Å²) >= 11 is 3.21. The number of ketones is 1. The molecule has 50 valence electrons. The van der Waals surface area contributed by atoms with Gasteiger partial charge in [0.05, 0.1) is 4.48 Å². The fourth-order valence-corrected chi connectivity index (χ4v) is 1.55. The minimum Gasteiger partial charge on any atom is -0.293 e. The zero-order valence-electron chi connectivity index (χ0n) is 5.36. The highest BCUT2D eigenvalue weighted by Gasteiger charge is 2.18. The van der Waals surface area contributed by atoms with E-state index in [0.717, 1.165) is 17.3 Å². The molecule has 0 fully saturated rings. The van der Waals surface area contributed by atoms with E-state index < -0.39 is 0 Å². The van der Waals surface area contributed by atoms with E-state index in [1.807, 2.05) is 13.0 Å². The molecule has 1 atom stereocenters. The summed E-state index contributed by atoms with van der Waals surface area (Å²) in [6, 6.07) is 0. The van der Waals surface area contributed by atoms with E-state index >= 15 is 0 Å². The predicted molar refractivity (Wildman–Crippen MR) is 40.4 cm³/mol. The molecule has 1 unspecified atom stereocenters. The number of allylic oxidation sites excluding steroid dienone is 2. The average molecular weight is 189 g/mol. The van der Waals surface area contributed by atoms with Crippen molar-refractivity contribution in [2.75, 3.05) is 0 Å². The molecule has 0 bridgehead atoms. The third-order valence-electron chi connectivity index (χ3n) is 1.61. The van der Waals surface area contributed by atoms with Crippen molar-refractivity contribution in [3.05, 3.63) is 10.6 Å². The normalized spacial score (nSPS) is 28.0. The number of carbonyl (C=O) groups is 1. The van der Waals surface area contributed by atoms with Gasteiger partial charge in [0.15, 0.2) is 5.78 Å². The maximum absolute atomic E-state index is 11.0. The van der Waals surface area contributed by atoms with Crippen molar-refractivity contribution in [3.8, 4) is 0 Å². The van der Waals surface area contributed by atoms with Crippen molar-refractivity contribution in [2.45, 2.75) is 19.8 Å². The zero-order chi connectivity index (χ0) is 6.85. The van der Waals surface area contributed by atoms with E-state index in [4.69, 9.17) is 0 Å². The van der Waals surface area contributed by atoms with Gasteiger partial charge in [0, 0.05) is 5.92 Å². The molecular formula is C7H9BrO. The molecule has 0 aromatic rings. The third-order valence-corrected chi connectivity index (χ3v) is 2.32. The van der Waals surface area contributed by atoms with Crippen LogP contribution < -0.4 is 0 Å². The van der Waals surface area contributed by atoms with Gasteiger partial charge < -0.3 is 0 Å². The first kappa shape index (κ1) is 7.00. The van der Waals surface area contributed by atoms with Crippen molar-refractivity contribution >= 4 is 21.7 Å². The van der Waals surface area contributed by atoms with Gasteiger partial charge in [-0.1, -0.05) is 13.0 Å². The van der Waals surface area contributed by atoms with Crippen LogP contribution in [0.2, 0.25) is 0 Å². The van der Waals surface area contributed by atoms with E-state index in [9.17, 15) is 4.79 Å². The van der Waals surface area contributed by atoms with E-state index in [0.29, 0.717) is 0 Å². The summed E-state index contributed by atoms with van der Waals surface area (Å²) in [5.41, 5.74) is 0. The van der Waals surface area contributed by atoms with Crippen LogP contribution >= 0.6 is 15.9 Å². The van der Waals surface area contributed by atoms with E-state index in [1.54, 1.807) is 0 Å². The Morgan fingerprint density at radius 2 is 2.44 bits per heavy atom. The molecule has 0 spiro atoms. The summed E-state index contributed by atoms with van der Waals surface area (Å²) in [6.07, 6.45) is 3.99. The van der Waals surface area contributed by atoms with Gasteiger partial charge in [0.25, 0.3) is 0 Å². The minimum atomic E-state index is 0.226. The Labute approximate surface area is 63.3 Å². The van der Waals surface area contributed by atoms with Crippen LogP contribution in [-0.4, -0.2) is 5.78 Å². The van der Waals surface area contributed by atoms with Gasteiger partial charge >= 0.3 is 0 Å². The Morgan fingerprint density at radius 1 is 1.78 bits per heavy atom. The van der Waals surface area contributed by atoms with E-state index in [2.05, 4.69) is 15.9 Å². The molecule has 0 amide bonds. The fourth-order valence-electron chi connectivity index (χ4n) is 0.927.